The number of hydrogen-bond donors (Lipinski definition) is 0. The number of nitrogens with zero attached hydrogens (tertiary/aromatic N) is 4. The molecule has 0 aliphatic heterocycles. The topological polar surface area (TPSA) is 50.5 Å². The monoisotopic (exact) mass is 340 g/mol. The molecule has 0 aliphatic carbocycles. The highest BCUT2D eigenvalue weighted by Crippen LogP contribution is 2.31. The van der Waals surface area contributed by atoms with Crippen molar-refractivity contribution in [2.24, 2.45) is 10.2 Å². The Kier molecular flexibility index (Phi) is 5.05. The maximum Gasteiger partial charge on any atom is 0.185 e. The van der Waals surface area contributed by atoms with Crippen molar-refractivity contribution in [2.45, 2.75) is 20.3 Å². The lowest BCUT2D eigenvalue weighted by molar-refractivity contribution is 0.614. The largest absolute Gasteiger partial charge is 0.225 e. The van der Waals surface area contributed by atoms with Crippen molar-refractivity contribution in [1.29, 1.82) is 0 Å². The van der Waals surface area contributed by atoms with E-state index in [2.05, 4.69) is 20.2 Å². The maximum atomic E-state index is 13.8. The molecule has 2 aromatic heterocycles. The number of aromatic nitrogens is 2. The van der Waals surface area contributed by atoms with Crippen molar-refractivity contribution in [3.63, 3.8) is 0 Å². The standard InChI is InChI=1S/C18H17FN4S/c1-12(2)7-8-22-23-17-15-10-14(24-18(15)21-11-20-17)9-13-5-3-4-6-16(13)19/h3-7,10-11H,8-9H2,1-2H3. The third-order valence-electron chi connectivity index (χ3n) is 3.43. The van der Waals surface area contributed by atoms with E-state index >= 15 is 0 Å². The first-order valence-electron chi connectivity index (χ1n) is 7.61. The van der Waals surface area contributed by atoms with E-state index in [4.69, 9.17) is 0 Å². The number of hydrogen-bond acceptors (Lipinski definition) is 5. The van der Waals surface area contributed by atoms with Gasteiger partial charge in [0, 0.05) is 11.3 Å². The lowest BCUT2D eigenvalue weighted by Crippen LogP contribution is -1.88. The molecule has 0 atom stereocenters. The van der Waals surface area contributed by atoms with Gasteiger partial charge in [-0.15, -0.1) is 16.5 Å². The Morgan fingerprint density at radius 1 is 1.25 bits per heavy atom. The summed E-state index contributed by atoms with van der Waals surface area (Å²) in [5.41, 5.74) is 1.87. The van der Waals surface area contributed by atoms with Crippen LogP contribution in [0.25, 0.3) is 10.2 Å². The van der Waals surface area contributed by atoms with Gasteiger partial charge < -0.3 is 0 Å². The predicted octanol–water partition coefficient (Wildman–Crippen LogP) is 5.47. The van der Waals surface area contributed by atoms with Gasteiger partial charge in [-0.05, 0) is 31.5 Å². The zero-order valence-electron chi connectivity index (χ0n) is 13.5. The normalized spacial score (nSPS) is 11.3. The zero-order valence-corrected chi connectivity index (χ0v) is 14.3. The molecule has 0 amide bonds. The third kappa shape index (κ3) is 3.89. The number of allylic oxidation sites excluding steroid dienone is 1. The van der Waals surface area contributed by atoms with Crippen LogP contribution in [0.1, 0.15) is 24.3 Å². The molecular formula is C18H17FN4S. The minimum Gasteiger partial charge on any atom is -0.225 e. The SMILES string of the molecule is CC(C)=CCN=Nc1ncnc2sc(Cc3ccccc3F)cc12. The first-order chi connectivity index (χ1) is 11.6. The second kappa shape index (κ2) is 7.40. The van der Waals surface area contributed by atoms with E-state index in [1.165, 1.54) is 29.3 Å². The molecule has 0 saturated heterocycles. The van der Waals surface area contributed by atoms with Crippen LogP contribution in [0.5, 0.6) is 0 Å². The van der Waals surface area contributed by atoms with Crippen LogP contribution in [-0.2, 0) is 6.42 Å². The fourth-order valence-corrected chi connectivity index (χ4v) is 3.23. The van der Waals surface area contributed by atoms with Crippen LogP contribution < -0.4 is 0 Å². The van der Waals surface area contributed by atoms with Crippen LogP contribution >= 0.6 is 11.3 Å². The number of fused-ring (bicyclic) bond motifs is 1. The van der Waals surface area contributed by atoms with Gasteiger partial charge in [0.25, 0.3) is 0 Å². The van der Waals surface area contributed by atoms with E-state index in [1.807, 2.05) is 32.1 Å². The van der Waals surface area contributed by atoms with Gasteiger partial charge in [-0.25, -0.2) is 14.4 Å². The molecule has 4 nitrogen and oxygen atoms in total. The summed E-state index contributed by atoms with van der Waals surface area (Å²) in [4.78, 5) is 10.3. The van der Waals surface area contributed by atoms with Gasteiger partial charge in [0.2, 0.25) is 0 Å². The number of halogens is 1. The van der Waals surface area contributed by atoms with Crippen LogP contribution in [0, 0.1) is 5.82 Å². The molecule has 0 N–H and O–H groups in total. The van der Waals surface area contributed by atoms with Crippen LogP contribution in [0.3, 0.4) is 0 Å². The molecule has 122 valence electrons. The predicted molar refractivity (Wildman–Crippen MR) is 95.4 cm³/mol. The molecule has 0 radical (unpaired) electrons. The van der Waals surface area contributed by atoms with Crippen molar-refractivity contribution < 1.29 is 4.39 Å². The van der Waals surface area contributed by atoms with Crippen molar-refractivity contribution >= 4 is 27.4 Å². The van der Waals surface area contributed by atoms with Gasteiger partial charge >= 0.3 is 0 Å². The third-order valence-corrected chi connectivity index (χ3v) is 4.47. The molecule has 0 spiro atoms. The molecule has 0 aliphatic rings. The number of rotatable bonds is 5. The Balaban J connectivity index is 1.87. The second-order valence-corrected chi connectivity index (χ2v) is 6.72. The average Bonchev–Trinajstić information content (AvgIpc) is 2.97. The van der Waals surface area contributed by atoms with Crippen LogP contribution in [0.15, 0.2) is 58.5 Å². The summed E-state index contributed by atoms with van der Waals surface area (Å²) >= 11 is 1.53. The number of thiophene rings is 1. The van der Waals surface area contributed by atoms with Crippen molar-refractivity contribution in [2.75, 3.05) is 6.54 Å². The summed E-state index contributed by atoms with van der Waals surface area (Å²) in [5.74, 6) is 0.362. The summed E-state index contributed by atoms with van der Waals surface area (Å²) in [6, 6.07) is 8.78. The van der Waals surface area contributed by atoms with Crippen LogP contribution in [-0.4, -0.2) is 16.5 Å². The van der Waals surface area contributed by atoms with Gasteiger partial charge in [-0.1, -0.05) is 29.8 Å². The lowest BCUT2D eigenvalue weighted by Gasteiger charge is -1.99. The van der Waals surface area contributed by atoms with E-state index in [-0.39, 0.29) is 5.82 Å². The van der Waals surface area contributed by atoms with E-state index < -0.39 is 0 Å². The highest BCUT2D eigenvalue weighted by atomic mass is 32.1. The van der Waals surface area contributed by atoms with Crippen molar-refractivity contribution in [3.8, 4) is 0 Å². The van der Waals surface area contributed by atoms with E-state index in [0.29, 0.717) is 24.3 Å². The molecule has 3 rings (SSSR count). The number of benzene rings is 1. The minimum absolute atomic E-state index is 0.192. The summed E-state index contributed by atoms with van der Waals surface area (Å²) in [6.45, 7) is 4.57. The summed E-state index contributed by atoms with van der Waals surface area (Å²) in [7, 11) is 0. The maximum absolute atomic E-state index is 13.8. The average molecular weight is 340 g/mol. The molecule has 24 heavy (non-hydrogen) atoms. The lowest BCUT2D eigenvalue weighted by atomic mass is 10.1. The Bertz CT molecular complexity index is 910. The quantitative estimate of drug-likeness (QED) is 0.457. The second-order valence-electron chi connectivity index (χ2n) is 5.60. The van der Waals surface area contributed by atoms with E-state index in [9.17, 15) is 4.39 Å². The molecule has 2 heterocycles. The van der Waals surface area contributed by atoms with Crippen molar-refractivity contribution in [3.05, 3.63) is 64.6 Å². The first-order valence-corrected chi connectivity index (χ1v) is 8.43. The highest BCUT2D eigenvalue weighted by Gasteiger charge is 2.10. The summed E-state index contributed by atoms with van der Waals surface area (Å²) < 4.78 is 13.8. The van der Waals surface area contributed by atoms with Gasteiger partial charge in [-0.2, -0.15) is 5.11 Å². The zero-order chi connectivity index (χ0) is 16.9. The molecule has 0 unspecified atom stereocenters. The molecule has 0 fully saturated rings. The molecule has 0 bridgehead atoms. The van der Waals surface area contributed by atoms with E-state index in [0.717, 1.165) is 15.1 Å². The van der Waals surface area contributed by atoms with Gasteiger partial charge in [0.05, 0.1) is 11.9 Å². The molecule has 6 heteroatoms. The number of azo groups is 1. The fraction of sp³-hybridized carbons (Fsp3) is 0.222. The van der Waals surface area contributed by atoms with Gasteiger partial charge in [0.1, 0.15) is 17.0 Å². The fourth-order valence-electron chi connectivity index (χ4n) is 2.22. The van der Waals surface area contributed by atoms with Gasteiger partial charge in [-0.3, -0.25) is 0 Å². The first kappa shape index (κ1) is 16.4. The molecule has 1 aromatic carbocycles. The Labute approximate surface area is 143 Å². The van der Waals surface area contributed by atoms with Crippen LogP contribution in [0.2, 0.25) is 0 Å². The Morgan fingerprint density at radius 3 is 2.88 bits per heavy atom. The minimum atomic E-state index is -0.192. The highest BCUT2D eigenvalue weighted by molar-refractivity contribution is 7.18. The molecule has 0 saturated carbocycles. The van der Waals surface area contributed by atoms with Crippen molar-refractivity contribution in [1.82, 2.24) is 9.97 Å². The Hall–Kier alpha value is -2.47. The van der Waals surface area contributed by atoms with E-state index in [1.54, 1.807) is 12.1 Å². The Morgan fingerprint density at radius 2 is 2.08 bits per heavy atom. The summed E-state index contributed by atoms with van der Waals surface area (Å²) in [5, 5.41) is 9.20. The molecular weight excluding hydrogens is 323 g/mol. The summed E-state index contributed by atoms with van der Waals surface area (Å²) in [6.07, 6.45) is 4.02. The smallest absolute Gasteiger partial charge is 0.185 e. The van der Waals surface area contributed by atoms with Crippen LogP contribution in [0.4, 0.5) is 10.2 Å². The van der Waals surface area contributed by atoms with Gasteiger partial charge in [0.15, 0.2) is 5.82 Å². The molecule has 3 aromatic rings.